The van der Waals surface area contributed by atoms with Crippen LogP contribution in [-0.4, -0.2) is 116 Å². The minimum absolute atomic E-state index is 0.263. The molecule has 0 atom stereocenters. The molecule has 0 amide bonds. The number of aromatic amines is 4. The van der Waals surface area contributed by atoms with Crippen LogP contribution in [-0.2, 0) is 26.1 Å². The van der Waals surface area contributed by atoms with Crippen LogP contribution in [0.15, 0.2) is 215 Å². The number of hydrogen-bond donors (Lipinski definition) is 9. The number of rotatable bonds is 24. The zero-order valence-electron chi connectivity index (χ0n) is 71.4. The lowest BCUT2D eigenvalue weighted by atomic mass is 10.0. The molecule has 9 N–H and O–H groups in total. The number of aromatic nitrogens is 8. The molecule has 8 heterocycles. The Balaban J connectivity index is 0.000000129. The van der Waals surface area contributed by atoms with Gasteiger partial charge in [-0.2, -0.15) is 0 Å². The van der Waals surface area contributed by atoms with Crippen LogP contribution in [0, 0.1) is 48.5 Å². The standard InChI is InChI=1S/C26H29N5O2.C26H25N5O.C24H25N5O3.C22H23N5O/c1-17-14-21-22(15-23(17)33-20-10-6-7-11-20)31(13-12-27-16-19-8-4-3-5-9-19)25-24(30-21)26(32)29-18(2)28-25;1-16-12-22-23(13-17(16)2)31(25-24(30-22)26(32)29-18(3)28-25)11-10-27-15-19-8-9-20-6-4-5-7-21(20)14-19;1-14-12-19-20(13-15(14)2)29(22-21(28-19)23(30)27-16(3)26-22)11-10-25-9-8-17-6-4-5-7-18(17)24(31)32;1-14-11-18-19(12-15(14)2)27(10-9-23-13-17-7-5-4-6-8-17)21-20(26-18)22(28)25-16(3)24-21/h3-5,8-9,14-15,20,27H,2,6-7,10-13,16H2,1H3,(H,29,32);4-9,12-14,27H,3,10-11,15H2,1-2H3,(H,29,32);4-7,12-13,25H,3,8-11H2,1-2H3,(H,27,30)(H,31,32);4-8,11-12,23H,3,9-10,13H2,1-2H3,(H,25,28). The second-order valence-corrected chi connectivity index (χ2v) is 31.8. The molecule has 4 aromatic heterocycles. The zero-order valence-corrected chi connectivity index (χ0v) is 71.4. The van der Waals surface area contributed by atoms with Crippen molar-refractivity contribution in [3.8, 4) is 5.75 Å². The van der Waals surface area contributed by atoms with Crippen LogP contribution in [0.1, 0.15) is 97.2 Å². The number of benzene rings is 9. The summed E-state index contributed by atoms with van der Waals surface area (Å²) < 4.78 is 6.35. The molecular weight excluding hydrogens is 1570 g/mol. The van der Waals surface area contributed by atoms with E-state index in [0.29, 0.717) is 119 Å². The summed E-state index contributed by atoms with van der Waals surface area (Å²) in [4.78, 5) is 117. The van der Waals surface area contributed by atoms with Gasteiger partial charge < -0.3 is 70.6 Å². The Hall–Kier alpha value is -14.3. The van der Waals surface area contributed by atoms with Gasteiger partial charge in [-0.05, 0) is 214 Å². The van der Waals surface area contributed by atoms with E-state index in [-0.39, 0.29) is 33.7 Å². The van der Waals surface area contributed by atoms with Crippen LogP contribution in [0.2, 0.25) is 0 Å². The first-order chi connectivity index (χ1) is 60.4. The number of aromatic carboxylic acids is 1. The van der Waals surface area contributed by atoms with E-state index in [1.54, 1.807) is 12.1 Å². The number of ether oxygens (including phenoxy) is 1. The fourth-order valence-corrected chi connectivity index (χ4v) is 15.9. The van der Waals surface area contributed by atoms with Gasteiger partial charge in [-0.15, -0.1) is 0 Å². The predicted octanol–water partition coefficient (Wildman–Crippen LogP) is 9.87. The molecule has 4 aliphatic heterocycles. The number of nitrogens with zero attached hydrogens (tertiary/aromatic N) is 12. The SMILES string of the molecule is C=c1nc2c(c(=O)[nH]1)=Nc1cc(C)c(C)cc1N2CCNCCc1ccccc1C(=O)O.C=c1nc2c(c(=O)[nH]1)=Nc1cc(C)c(C)cc1N2CCNCc1ccc2ccccc2c1.C=c1nc2c(c(=O)[nH]1)=Nc1cc(C)c(C)cc1N2CCNCc1ccccc1.C=c1nc2c(c(=O)[nH]1)=Nc1cc(C)c(OC3CCCC3)cc1N2CCNCc1ccccc1. The average molecular weight is 1670 g/mol. The number of H-pyrrole nitrogens is 4. The van der Waals surface area contributed by atoms with E-state index >= 15 is 0 Å². The van der Waals surface area contributed by atoms with Gasteiger partial charge >= 0.3 is 5.97 Å². The number of nitrogens with one attached hydrogen (secondary N) is 8. The first-order valence-corrected chi connectivity index (χ1v) is 42.1. The minimum atomic E-state index is -0.920. The molecule has 0 unspecified atom stereocenters. The summed E-state index contributed by atoms with van der Waals surface area (Å²) in [5.74, 6) is 2.10. The van der Waals surface area contributed by atoms with Crippen molar-refractivity contribution in [1.82, 2.24) is 61.1 Å². The minimum Gasteiger partial charge on any atom is -0.490 e. The molecule has 125 heavy (non-hydrogen) atoms. The molecule has 27 heteroatoms. The molecule has 9 aromatic carbocycles. The molecule has 1 aliphatic carbocycles. The highest BCUT2D eigenvalue weighted by Crippen LogP contribution is 2.42. The molecule has 18 rings (SSSR count). The number of aryl methyl sites for hydroxylation is 7. The molecule has 5 aliphatic rings. The van der Waals surface area contributed by atoms with E-state index in [2.05, 4.69) is 234 Å². The lowest BCUT2D eigenvalue weighted by Gasteiger charge is -2.29. The smallest absolute Gasteiger partial charge is 0.335 e. The third kappa shape index (κ3) is 19.9. The summed E-state index contributed by atoms with van der Waals surface area (Å²) in [6.45, 7) is 37.8. The molecule has 0 saturated heterocycles. The van der Waals surface area contributed by atoms with Gasteiger partial charge in [0.25, 0.3) is 22.2 Å². The van der Waals surface area contributed by atoms with Crippen LogP contribution >= 0.6 is 0 Å². The van der Waals surface area contributed by atoms with Crippen molar-refractivity contribution in [2.75, 3.05) is 78.5 Å². The molecular formula is C98H102N20O7. The highest BCUT2D eigenvalue weighted by molar-refractivity contribution is 5.89. The Morgan fingerprint density at radius 3 is 1.14 bits per heavy atom. The van der Waals surface area contributed by atoms with E-state index in [9.17, 15) is 29.1 Å². The van der Waals surface area contributed by atoms with Crippen LogP contribution in [0.25, 0.3) is 37.1 Å². The van der Waals surface area contributed by atoms with Crippen molar-refractivity contribution in [2.24, 2.45) is 20.0 Å². The largest absolute Gasteiger partial charge is 0.490 e. The number of fused-ring (bicyclic) bond motifs is 9. The van der Waals surface area contributed by atoms with Crippen molar-refractivity contribution in [2.45, 2.75) is 106 Å². The average Bonchev–Trinajstić information content (AvgIpc) is 0.847. The van der Waals surface area contributed by atoms with E-state index in [4.69, 9.17) is 4.74 Å². The summed E-state index contributed by atoms with van der Waals surface area (Å²) in [6.07, 6.45) is 5.50. The third-order valence-electron chi connectivity index (χ3n) is 22.8. The Labute approximate surface area is 721 Å². The van der Waals surface area contributed by atoms with E-state index < -0.39 is 5.97 Å². The fourth-order valence-electron chi connectivity index (χ4n) is 15.9. The highest BCUT2D eigenvalue weighted by atomic mass is 16.5. The van der Waals surface area contributed by atoms with Gasteiger partial charge in [-0.3, -0.25) is 19.2 Å². The summed E-state index contributed by atoms with van der Waals surface area (Å²) in [5, 5.41) is 26.9. The highest BCUT2D eigenvalue weighted by Gasteiger charge is 2.30. The topological polar surface area (TPSA) is 340 Å². The van der Waals surface area contributed by atoms with Gasteiger partial charge in [0.2, 0.25) is 0 Å². The molecule has 0 radical (unpaired) electrons. The Kier molecular flexibility index (Phi) is 26.4. The zero-order chi connectivity index (χ0) is 87.5. The van der Waals surface area contributed by atoms with Gasteiger partial charge in [0.1, 0.15) is 27.7 Å². The van der Waals surface area contributed by atoms with Crippen molar-refractivity contribution < 1.29 is 14.6 Å². The number of carboxylic acid groups (broad SMARTS) is 1. The second-order valence-electron chi connectivity index (χ2n) is 31.8. The fraction of sp³-hybridized carbons (Fsp3) is 0.255. The van der Waals surface area contributed by atoms with Crippen molar-refractivity contribution in [3.05, 3.63) is 327 Å². The predicted molar refractivity (Wildman–Crippen MR) is 495 cm³/mol. The molecule has 0 spiro atoms. The maximum Gasteiger partial charge on any atom is 0.335 e. The van der Waals surface area contributed by atoms with E-state index in [1.807, 2.05) is 105 Å². The Morgan fingerprint density at radius 2 is 0.736 bits per heavy atom. The summed E-state index contributed by atoms with van der Waals surface area (Å²) in [6, 6.07) is 58.9. The lowest BCUT2D eigenvalue weighted by molar-refractivity contribution is 0.0695. The number of hydrogen-bond acceptors (Lipinski definition) is 22. The van der Waals surface area contributed by atoms with E-state index in [1.165, 1.54) is 51.4 Å². The van der Waals surface area contributed by atoms with Gasteiger partial charge in [-0.25, -0.2) is 44.7 Å². The van der Waals surface area contributed by atoms with Gasteiger partial charge in [0.15, 0.2) is 44.7 Å². The van der Waals surface area contributed by atoms with Crippen molar-refractivity contribution in [3.63, 3.8) is 0 Å². The van der Waals surface area contributed by atoms with Gasteiger partial charge in [0, 0.05) is 78.1 Å². The number of carbonyl (C=O) groups is 1. The van der Waals surface area contributed by atoms with Crippen LogP contribution in [0.5, 0.6) is 5.75 Å². The van der Waals surface area contributed by atoms with Crippen LogP contribution < -0.4 is 111 Å². The van der Waals surface area contributed by atoms with Crippen LogP contribution in [0.4, 0.5) is 68.8 Å². The maximum atomic E-state index is 12.6. The number of carboxylic acids is 1. The van der Waals surface area contributed by atoms with E-state index in [0.717, 1.165) is 130 Å². The maximum absolute atomic E-state index is 12.6. The van der Waals surface area contributed by atoms with Crippen molar-refractivity contribution >= 4 is 112 Å². The molecule has 636 valence electrons. The van der Waals surface area contributed by atoms with Crippen LogP contribution in [0.3, 0.4) is 0 Å². The third-order valence-corrected chi connectivity index (χ3v) is 22.8. The van der Waals surface area contributed by atoms with Gasteiger partial charge in [0.05, 0.1) is 57.2 Å². The number of anilines is 8. The normalized spacial score (nSPS) is 13.0. The summed E-state index contributed by atoms with van der Waals surface area (Å²) in [7, 11) is 0. The summed E-state index contributed by atoms with van der Waals surface area (Å²) in [5.41, 5.74) is 19.7. The monoisotopic (exact) mass is 1670 g/mol. The first-order valence-electron chi connectivity index (χ1n) is 42.1. The quantitative estimate of drug-likeness (QED) is 0.0254. The second kappa shape index (κ2) is 38.4. The van der Waals surface area contributed by atoms with Crippen molar-refractivity contribution in [1.29, 1.82) is 0 Å². The Bertz CT molecular complexity index is 7040. The molecule has 13 aromatic rings. The van der Waals surface area contributed by atoms with Gasteiger partial charge in [-0.1, -0.05) is 142 Å². The molecule has 1 saturated carbocycles. The summed E-state index contributed by atoms with van der Waals surface area (Å²) >= 11 is 0. The molecule has 0 bridgehead atoms. The first kappa shape index (κ1) is 85.7. The molecule has 1 fully saturated rings. The Morgan fingerprint density at radius 1 is 0.392 bits per heavy atom. The molecule has 27 nitrogen and oxygen atoms in total. The lowest BCUT2D eigenvalue weighted by Crippen LogP contribution is -2.44.